The van der Waals surface area contributed by atoms with E-state index in [0.717, 1.165) is 13.0 Å². The van der Waals surface area contributed by atoms with E-state index in [9.17, 15) is 31.1 Å². The van der Waals surface area contributed by atoms with E-state index in [0.29, 0.717) is 18.7 Å². The highest BCUT2D eigenvalue weighted by atomic mass is 19.4. The molecule has 0 bridgehead atoms. The van der Waals surface area contributed by atoms with Crippen molar-refractivity contribution in [3.63, 3.8) is 0 Å². The molecule has 2 aromatic rings. The predicted molar refractivity (Wildman–Crippen MR) is 98.1 cm³/mol. The Hall–Kier alpha value is -3.04. The van der Waals surface area contributed by atoms with Crippen LogP contribution in [0, 0.1) is 24.4 Å². The number of hydrogen-bond donors (Lipinski definition) is 0. The van der Waals surface area contributed by atoms with E-state index in [-0.39, 0.29) is 11.3 Å². The highest BCUT2D eigenvalue weighted by molar-refractivity contribution is 5.92. The van der Waals surface area contributed by atoms with E-state index in [1.807, 2.05) is 6.92 Å². The third kappa shape index (κ3) is 5.31. The monoisotopic (exact) mass is 432 g/mol. The second kappa shape index (κ2) is 9.19. The molecule has 0 radical (unpaired) electrons. The van der Waals surface area contributed by atoms with Crippen molar-refractivity contribution in [2.24, 2.45) is 4.99 Å². The standard InChI is InChI=1S/C20H18F6N2O2/c1-4-28(3)10-27-17-6-5-13(18(11(17)2)20(24,25)26)19(29)30-9-14-15(22)7-12(21)8-16(14)23/h5-8,10H,4,9H2,1-3H3/b27-10+. The third-order valence-electron chi connectivity index (χ3n) is 4.29. The van der Waals surface area contributed by atoms with Crippen LogP contribution in [0.5, 0.6) is 0 Å². The van der Waals surface area contributed by atoms with Crippen molar-refractivity contribution in [3.05, 3.63) is 64.0 Å². The van der Waals surface area contributed by atoms with Crippen LogP contribution in [0.2, 0.25) is 0 Å². The molecule has 4 nitrogen and oxygen atoms in total. The van der Waals surface area contributed by atoms with Gasteiger partial charge in [-0.05, 0) is 31.5 Å². The van der Waals surface area contributed by atoms with Crippen LogP contribution in [0.15, 0.2) is 29.3 Å². The van der Waals surface area contributed by atoms with Crippen LogP contribution in [0.4, 0.5) is 32.0 Å². The molecule has 2 rings (SSSR count). The number of carbonyl (C=O) groups excluding carboxylic acids is 1. The molecule has 10 heteroatoms. The average molecular weight is 432 g/mol. The molecule has 0 fully saturated rings. The van der Waals surface area contributed by atoms with Gasteiger partial charge in [0.1, 0.15) is 24.1 Å². The fraction of sp³-hybridized carbons (Fsp3) is 0.300. The molecule has 0 heterocycles. The molecule has 0 saturated carbocycles. The second-order valence-corrected chi connectivity index (χ2v) is 6.37. The van der Waals surface area contributed by atoms with Gasteiger partial charge in [0.2, 0.25) is 0 Å². The van der Waals surface area contributed by atoms with E-state index in [4.69, 9.17) is 0 Å². The Balaban J connectivity index is 2.37. The summed E-state index contributed by atoms with van der Waals surface area (Å²) in [6.07, 6.45) is -3.56. The average Bonchev–Trinajstić information content (AvgIpc) is 2.64. The van der Waals surface area contributed by atoms with E-state index >= 15 is 0 Å². The lowest BCUT2D eigenvalue weighted by Crippen LogP contribution is -2.18. The number of halogens is 6. The molecule has 0 N–H and O–H groups in total. The number of ether oxygens (including phenoxy) is 1. The summed E-state index contributed by atoms with van der Waals surface area (Å²) in [4.78, 5) is 17.9. The van der Waals surface area contributed by atoms with Gasteiger partial charge in [-0.1, -0.05) is 0 Å². The zero-order valence-electron chi connectivity index (χ0n) is 16.3. The quantitative estimate of drug-likeness (QED) is 0.266. The molecule has 0 aliphatic carbocycles. The lowest BCUT2D eigenvalue weighted by molar-refractivity contribution is -0.138. The van der Waals surface area contributed by atoms with Crippen LogP contribution in [-0.2, 0) is 17.5 Å². The minimum Gasteiger partial charge on any atom is -0.457 e. The topological polar surface area (TPSA) is 41.9 Å². The van der Waals surface area contributed by atoms with Crippen LogP contribution < -0.4 is 0 Å². The van der Waals surface area contributed by atoms with Crippen LogP contribution in [0.25, 0.3) is 0 Å². The van der Waals surface area contributed by atoms with Crippen molar-refractivity contribution in [2.45, 2.75) is 26.6 Å². The molecule has 0 amide bonds. The SMILES string of the molecule is CCN(C)/C=N/c1ccc(C(=O)OCc2c(F)cc(F)cc2F)c(C(F)(F)F)c1C. The number of hydrogen-bond acceptors (Lipinski definition) is 3. The van der Waals surface area contributed by atoms with E-state index in [1.54, 1.807) is 11.9 Å². The number of nitrogens with zero attached hydrogens (tertiary/aromatic N) is 2. The van der Waals surface area contributed by atoms with Gasteiger partial charge >= 0.3 is 12.1 Å². The van der Waals surface area contributed by atoms with E-state index in [2.05, 4.69) is 9.73 Å². The Labute approximate surface area is 168 Å². The summed E-state index contributed by atoms with van der Waals surface area (Å²) in [6.45, 7) is 2.55. The van der Waals surface area contributed by atoms with Crippen molar-refractivity contribution in [3.8, 4) is 0 Å². The highest BCUT2D eigenvalue weighted by Crippen LogP contribution is 2.38. The van der Waals surface area contributed by atoms with Crippen molar-refractivity contribution in [1.29, 1.82) is 0 Å². The summed E-state index contributed by atoms with van der Waals surface area (Å²) in [7, 11) is 1.68. The van der Waals surface area contributed by atoms with Crippen molar-refractivity contribution >= 4 is 18.0 Å². The Morgan fingerprint density at radius 2 is 1.77 bits per heavy atom. The molecule has 162 valence electrons. The number of aliphatic imine (C=N–C) groups is 1. The summed E-state index contributed by atoms with van der Waals surface area (Å²) in [5, 5.41) is 0. The van der Waals surface area contributed by atoms with Crippen LogP contribution in [-0.4, -0.2) is 30.8 Å². The van der Waals surface area contributed by atoms with Crippen molar-refractivity contribution in [1.82, 2.24) is 4.90 Å². The number of rotatable bonds is 6. The minimum absolute atomic E-state index is 0.00482. The fourth-order valence-corrected chi connectivity index (χ4v) is 2.54. The zero-order valence-corrected chi connectivity index (χ0v) is 16.3. The maximum absolute atomic E-state index is 13.7. The van der Waals surface area contributed by atoms with Crippen LogP contribution in [0.3, 0.4) is 0 Å². The summed E-state index contributed by atoms with van der Waals surface area (Å²) >= 11 is 0. The van der Waals surface area contributed by atoms with Gasteiger partial charge in [0.25, 0.3) is 0 Å². The second-order valence-electron chi connectivity index (χ2n) is 6.37. The largest absolute Gasteiger partial charge is 0.457 e. The van der Waals surface area contributed by atoms with Gasteiger partial charge in [0, 0.05) is 25.7 Å². The molecule has 0 aliphatic rings. The van der Waals surface area contributed by atoms with Gasteiger partial charge in [-0.25, -0.2) is 23.0 Å². The zero-order chi connectivity index (χ0) is 22.6. The molecule has 0 unspecified atom stereocenters. The number of esters is 1. The number of benzene rings is 2. The third-order valence-corrected chi connectivity index (χ3v) is 4.29. The first-order valence-corrected chi connectivity index (χ1v) is 8.71. The summed E-state index contributed by atoms with van der Waals surface area (Å²) in [5.74, 6) is -5.26. The van der Waals surface area contributed by atoms with Gasteiger partial charge in [-0.15, -0.1) is 0 Å². The molecular formula is C20H18F6N2O2. The van der Waals surface area contributed by atoms with Gasteiger partial charge < -0.3 is 9.64 Å². The van der Waals surface area contributed by atoms with Crippen molar-refractivity contribution in [2.75, 3.05) is 13.6 Å². The van der Waals surface area contributed by atoms with Crippen LogP contribution >= 0.6 is 0 Å². The van der Waals surface area contributed by atoms with Gasteiger partial charge in [-0.3, -0.25) is 0 Å². The summed E-state index contributed by atoms with van der Waals surface area (Å²) in [6, 6.07) is 2.84. The molecule has 30 heavy (non-hydrogen) atoms. The highest BCUT2D eigenvalue weighted by Gasteiger charge is 2.38. The van der Waals surface area contributed by atoms with Crippen LogP contribution in [0.1, 0.15) is 34.0 Å². The molecule has 0 saturated heterocycles. The van der Waals surface area contributed by atoms with Gasteiger partial charge in [0.05, 0.1) is 28.7 Å². The summed E-state index contributed by atoms with van der Waals surface area (Å²) < 4.78 is 85.8. The van der Waals surface area contributed by atoms with E-state index in [1.165, 1.54) is 12.4 Å². The Morgan fingerprint density at radius 1 is 1.17 bits per heavy atom. The molecule has 0 aromatic heterocycles. The Kier molecular flexibility index (Phi) is 7.12. The Bertz CT molecular complexity index is 949. The smallest absolute Gasteiger partial charge is 0.417 e. The van der Waals surface area contributed by atoms with Gasteiger partial charge in [0.15, 0.2) is 0 Å². The minimum atomic E-state index is -4.91. The Morgan fingerprint density at radius 3 is 2.30 bits per heavy atom. The maximum Gasteiger partial charge on any atom is 0.417 e. The molecule has 2 aromatic carbocycles. The first-order valence-electron chi connectivity index (χ1n) is 8.71. The first kappa shape index (κ1) is 23.2. The fourth-order valence-electron chi connectivity index (χ4n) is 2.54. The van der Waals surface area contributed by atoms with E-state index < -0.39 is 52.9 Å². The molecule has 0 spiro atoms. The van der Waals surface area contributed by atoms with Crippen molar-refractivity contribution < 1.29 is 35.9 Å². The predicted octanol–water partition coefficient (Wildman–Crippen LogP) is 5.40. The molecular weight excluding hydrogens is 414 g/mol. The van der Waals surface area contributed by atoms with Gasteiger partial charge in [-0.2, -0.15) is 13.2 Å². The molecule has 0 aliphatic heterocycles. The first-order chi connectivity index (χ1) is 14.0. The lowest BCUT2D eigenvalue weighted by Gasteiger charge is -2.17. The normalized spacial score (nSPS) is 11.8. The number of carbonyl (C=O) groups is 1. The lowest BCUT2D eigenvalue weighted by atomic mass is 9.99. The molecule has 0 atom stereocenters. The summed E-state index contributed by atoms with van der Waals surface area (Å²) in [5.41, 5.74) is -3.18. The number of alkyl halides is 3. The maximum atomic E-state index is 13.7.